The minimum absolute atomic E-state index is 0.938. The Morgan fingerprint density at radius 3 is 1.24 bits per heavy atom. The van der Waals surface area contributed by atoms with E-state index in [9.17, 15) is 0 Å². The highest BCUT2D eigenvalue weighted by Gasteiger charge is 1.95. The third kappa shape index (κ3) is 24.0. The number of hydrogen-bond acceptors (Lipinski definition) is 1. The number of ether oxygens (including phenoxy) is 1. The Morgan fingerprint density at radius 2 is 0.800 bits per heavy atom. The lowest BCUT2D eigenvalue weighted by Gasteiger charge is -2.05. The van der Waals surface area contributed by atoms with Gasteiger partial charge in [-0.15, -0.1) is 0 Å². The van der Waals surface area contributed by atoms with Crippen LogP contribution in [0.5, 0.6) is 0 Å². The van der Waals surface area contributed by atoms with Gasteiger partial charge >= 0.3 is 0 Å². The summed E-state index contributed by atoms with van der Waals surface area (Å²) in [5.41, 5.74) is 0. The standard InChI is InChI=1S/C24H49O/c1-3-5-7-9-11-13-14-16-18-20-22-24-25-23-21-19-17-15-12-10-8-6-4-2/h24H,3-23H2,1-2H3. The predicted molar refractivity (Wildman–Crippen MR) is 114 cm³/mol. The smallest absolute Gasteiger partial charge is 0.0836 e. The van der Waals surface area contributed by atoms with Crippen molar-refractivity contribution in [3.05, 3.63) is 6.61 Å². The van der Waals surface area contributed by atoms with Crippen LogP contribution >= 0.6 is 0 Å². The summed E-state index contributed by atoms with van der Waals surface area (Å²) >= 11 is 0. The van der Waals surface area contributed by atoms with Gasteiger partial charge in [-0.25, -0.2) is 0 Å². The van der Waals surface area contributed by atoms with Crippen LogP contribution in [-0.4, -0.2) is 6.61 Å². The van der Waals surface area contributed by atoms with Crippen LogP contribution in [0, 0.1) is 6.61 Å². The molecule has 0 fully saturated rings. The van der Waals surface area contributed by atoms with E-state index in [1.54, 1.807) is 0 Å². The highest BCUT2D eigenvalue weighted by Crippen LogP contribution is 2.12. The zero-order valence-electron chi connectivity index (χ0n) is 17.8. The summed E-state index contributed by atoms with van der Waals surface area (Å²) in [7, 11) is 0. The van der Waals surface area contributed by atoms with Crippen LogP contribution in [-0.2, 0) is 4.74 Å². The lowest BCUT2D eigenvalue weighted by atomic mass is 10.1. The summed E-state index contributed by atoms with van der Waals surface area (Å²) in [6, 6.07) is 0. The molecule has 0 bridgehead atoms. The third-order valence-electron chi connectivity index (χ3n) is 5.16. The molecule has 151 valence electrons. The zero-order valence-corrected chi connectivity index (χ0v) is 17.8. The molecule has 0 saturated heterocycles. The topological polar surface area (TPSA) is 9.23 Å². The predicted octanol–water partition coefficient (Wildman–Crippen LogP) is 9.01. The quantitative estimate of drug-likeness (QED) is 0.176. The van der Waals surface area contributed by atoms with Gasteiger partial charge in [0.15, 0.2) is 0 Å². The molecule has 0 aliphatic heterocycles. The molecule has 0 N–H and O–H groups in total. The molecule has 0 amide bonds. The zero-order chi connectivity index (χ0) is 18.3. The normalized spacial score (nSPS) is 11.3. The van der Waals surface area contributed by atoms with Crippen molar-refractivity contribution in [2.45, 2.75) is 142 Å². The van der Waals surface area contributed by atoms with Gasteiger partial charge in [0.2, 0.25) is 0 Å². The van der Waals surface area contributed by atoms with Crippen molar-refractivity contribution in [1.29, 1.82) is 0 Å². The number of unbranched alkanes of at least 4 members (excludes halogenated alkanes) is 18. The average molecular weight is 354 g/mol. The molecule has 0 atom stereocenters. The van der Waals surface area contributed by atoms with E-state index in [-0.39, 0.29) is 0 Å². The average Bonchev–Trinajstić information content (AvgIpc) is 2.63. The van der Waals surface area contributed by atoms with E-state index in [1.165, 1.54) is 122 Å². The van der Waals surface area contributed by atoms with E-state index in [0.29, 0.717) is 0 Å². The summed E-state index contributed by atoms with van der Waals surface area (Å²) < 4.78 is 5.65. The molecule has 0 aromatic rings. The molecule has 0 aliphatic rings. The summed E-state index contributed by atoms with van der Waals surface area (Å²) in [5.74, 6) is 0. The van der Waals surface area contributed by atoms with Crippen molar-refractivity contribution in [3.8, 4) is 0 Å². The maximum atomic E-state index is 5.65. The second-order valence-electron chi connectivity index (χ2n) is 7.84. The SMILES string of the molecule is CCCCCCCCCCCC[CH]OCCCCCCCCCCC. The van der Waals surface area contributed by atoms with E-state index in [0.717, 1.165) is 13.0 Å². The second kappa shape index (κ2) is 24.0. The van der Waals surface area contributed by atoms with Crippen LogP contribution in [0.25, 0.3) is 0 Å². The van der Waals surface area contributed by atoms with E-state index in [4.69, 9.17) is 4.74 Å². The Morgan fingerprint density at radius 1 is 0.440 bits per heavy atom. The van der Waals surface area contributed by atoms with Crippen molar-refractivity contribution in [3.63, 3.8) is 0 Å². The minimum Gasteiger partial charge on any atom is -0.376 e. The first-order valence-corrected chi connectivity index (χ1v) is 11.8. The summed E-state index contributed by atoms with van der Waals surface area (Å²) in [6.07, 6.45) is 27.8. The summed E-state index contributed by atoms with van der Waals surface area (Å²) in [6.45, 7) is 7.58. The van der Waals surface area contributed by atoms with Crippen LogP contribution < -0.4 is 0 Å². The molecular formula is C24H49O. The van der Waals surface area contributed by atoms with Crippen LogP contribution in [0.3, 0.4) is 0 Å². The Bertz CT molecular complexity index is 192. The Labute approximate surface area is 160 Å². The Balaban J connectivity index is 2.94. The molecule has 0 saturated carbocycles. The molecule has 0 aliphatic carbocycles. The van der Waals surface area contributed by atoms with Gasteiger partial charge in [-0.3, -0.25) is 0 Å². The maximum Gasteiger partial charge on any atom is 0.0836 e. The molecule has 0 unspecified atom stereocenters. The lowest BCUT2D eigenvalue weighted by Crippen LogP contribution is -1.92. The number of rotatable bonds is 22. The molecule has 0 aromatic heterocycles. The molecular weight excluding hydrogens is 304 g/mol. The van der Waals surface area contributed by atoms with E-state index in [1.807, 2.05) is 0 Å². The fraction of sp³-hybridized carbons (Fsp3) is 0.958. The molecule has 0 heterocycles. The van der Waals surface area contributed by atoms with Gasteiger partial charge in [0, 0.05) is 6.61 Å². The van der Waals surface area contributed by atoms with Crippen LogP contribution in [0.1, 0.15) is 142 Å². The van der Waals surface area contributed by atoms with Gasteiger partial charge in [0.25, 0.3) is 0 Å². The fourth-order valence-electron chi connectivity index (χ4n) is 3.38. The molecule has 1 heteroatoms. The molecule has 1 radical (unpaired) electrons. The van der Waals surface area contributed by atoms with E-state index >= 15 is 0 Å². The molecule has 25 heavy (non-hydrogen) atoms. The van der Waals surface area contributed by atoms with Crippen molar-refractivity contribution >= 4 is 0 Å². The monoisotopic (exact) mass is 353 g/mol. The third-order valence-corrected chi connectivity index (χ3v) is 5.16. The van der Waals surface area contributed by atoms with Crippen molar-refractivity contribution in [2.75, 3.05) is 6.61 Å². The highest BCUT2D eigenvalue weighted by atomic mass is 16.5. The molecule has 0 rings (SSSR count). The van der Waals surface area contributed by atoms with Crippen molar-refractivity contribution in [1.82, 2.24) is 0 Å². The number of hydrogen-bond donors (Lipinski definition) is 0. The summed E-state index contributed by atoms with van der Waals surface area (Å²) in [4.78, 5) is 0. The molecule has 0 spiro atoms. The van der Waals surface area contributed by atoms with Gasteiger partial charge in [-0.05, 0) is 12.8 Å². The van der Waals surface area contributed by atoms with Crippen molar-refractivity contribution < 1.29 is 4.74 Å². The molecule has 1 nitrogen and oxygen atoms in total. The second-order valence-corrected chi connectivity index (χ2v) is 7.84. The fourth-order valence-corrected chi connectivity index (χ4v) is 3.38. The maximum absolute atomic E-state index is 5.65. The van der Waals surface area contributed by atoms with E-state index in [2.05, 4.69) is 20.5 Å². The van der Waals surface area contributed by atoms with Gasteiger partial charge < -0.3 is 4.74 Å². The first kappa shape index (κ1) is 25.0. The van der Waals surface area contributed by atoms with Gasteiger partial charge in [0.1, 0.15) is 0 Å². The molecule has 0 aromatic carbocycles. The van der Waals surface area contributed by atoms with Crippen LogP contribution in [0.4, 0.5) is 0 Å². The highest BCUT2D eigenvalue weighted by molar-refractivity contribution is 4.54. The van der Waals surface area contributed by atoms with Crippen LogP contribution in [0.15, 0.2) is 0 Å². The first-order chi connectivity index (χ1) is 12.4. The summed E-state index contributed by atoms with van der Waals surface area (Å²) in [5, 5.41) is 0. The lowest BCUT2D eigenvalue weighted by molar-refractivity contribution is 0.183. The first-order valence-electron chi connectivity index (χ1n) is 11.8. The Kier molecular flexibility index (Phi) is 23.9. The van der Waals surface area contributed by atoms with Gasteiger partial charge in [0.05, 0.1) is 6.61 Å². The largest absolute Gasteiger partial charge is 0.376 e. The Hall–Kier alpha value is -0.0400. The minimum atomic E-state index is 0.938. The van der Waals surface area contributed by atoms with Crippen LogP contribution in [0.2, 0.25) is 0 Å². The van der Waals surface area contributed by atoms with Gasteiger partial charge in [-0.2, -0.15) is 0 Å². The van der Waals surface area contributed by atoms with Gasteiger partial charge in [-0.1, -0.05) is 129 Å². The van der Waals surface area contributed by atoms with E-state index < -0.39 is 0 Å². The van der Waals surface area contributed by atoms with Crippen molar-refractivity contribution in [2.24, 2.45) is 0 Å².